The molecule has 0 saturated carbocycles. The molecule has 5 aromatic rings. The van der Waals surface area contributed by atoms with E-state index in [-0.39, 0.29) is 41.5 Å². The number of imide groups is 1. The van der Waals surface area contributed by atoms with Gasteiger partial charge in [0.15, 0.2) is 29.6 Å². The van der Waals surface area contributed by atoms with Gasteiger partial charge in [0.1, 0.15) is 5.60 Å². The van der Waals surface area contributed by atoms with Crippen LogP contribution >= 0.6 is 0 Å². The highest BCUT2D eigenvalue weighted by molar-refractivity contribution is 6.21. The van der Waals surface area contributed by atoms with Crippen molar-refractivity contribution in [2.45, 2.75) is 78.2 Å². The van der Waals surface area contributed by atoms with E-state index < -0.39 is 17.2 Å². The number of nitrogens with zero attached hydrogens (tertiary/aromatic N) is 5. The van der Waals surface area contributed by atoms with Crippen molar-refractivity contribution in [2.24, 2.45) is 0 Å². The van der Waals surface area contributed by atoms with Crippen molar-refractivity contribution < 1.29 is 41.9 Å². The standard InChI is InChI=1S/C47H55F2N7O6/c1-7-31-28-32(53-42-43-52-29-37(54(43)25-23-50-42)36-20-21-38(61-6)41(49)40(36)48)18-19-33(31)44(58)51-22-12-8-14-26-56(5,30-39(57)62-47(2,3)4)27-15-9-13-24-55-45(59)34-16-10-11-17-35(34)46(55)60/h10-11,16-21,23,25,28-29H,7-9,12-15,22,24,26-27,30H2,1-6H3,(H-,50,51,53,58)/p+1. The molecule has 0 radical (unpaired) electrons. The summed E-state index contributed by atoms with van der Waals surface area (Å²) < 4.78 is 42.2. The molecule has 0 bridgehead atoms. The van der Waals surface area contributed by atoms with Gasteiger partial charge in [0, 0.05) is 42.3 Å². The van der Waals surface area contributed by atoms with Gasteiger partial charge in [0.2, 0.25) is 5.82 Å². The fourth-order valence-electron chi connectivity index (χ4n) is 7.85. The van der Waals surface area contributed by atoms with Gasteiger partial charge in [-0.2, -0.15) is 4.39 Å². The molecule has 1 atom stereocenters. The highest BCUT2D eigenvalue weighted by Gasteiger charge is 2.35. The first-order valence-electron chi connectivity index (χ1n) is 21.2. The van der Waals surface area contributed by atoms with E-state index in [4.69, 9.17) is 9.47 Å². The minimum absolute atomic E-state index is 0.0243. The number of benzene rings is 3. The highest BCUT2D eigenvalue weighted by Crippen LogP contribution is 2.32. The van der Waals surface area contributed by atoms with Gasteiger partial charge in [-0.15, -0.1) is 0 Å². The SMILES string of the molecule is CCc1cc(Nc2nccn3c(-c4ccc(OC)c(F)c4F)cnc23)ccc1C(=O)NCCCCC[N+](C)(CCCCCN1C(=O)c2ccccc2C1=O)CC(=O)OC(C)(C)C. The van der Waals surface area contributed by atoms with E-state index in [0.717, 1.165) is 50.8 Å². The Bertz CT molecular complexity index is 2410. The summed E-state index contributed by atoms with van der Waals surface area (Å²) in [5, 5.41) is 6.32. The average molecular weight is 853 g/mol. The molecule has 2 aromatic heterocycles. The van der Waals surface area contributed by atoms with Crippen LogP contribution in [0.3, 0.4) is 0 Å². The number of rotatable bonds is 20. The first-order valence-corrected chi connectivity index (χ1v) is 21.2. The second kappa shape index (κ2) is 19.7. The molecule has 13 nitrogen and oxygen atoms in total. The predicted molar refractivity (Wildman–Crippen MR) is 232 cm³/mol. The molecule has 62 heavy (non-hydrogen) atoms. The molecule has 328 valence electrons. The lowest BCUT2D eigenvalue weighted by Crippen LogP contribution is -2.50. The van der Waals surface area contributed by atoms with Crippen LogP contribution < -0.4 is 15.4 Å². The quantitative estimate of drug-likeness (QED) is 0.0343. The number of ether oxygens (including phenoxy) is 2. The molecule has 3 amide bonds. The minimum Gasteiger partial charge on any atom is -0.494 e. The van der Waals surface area contributed by atoms with Gasteiger partial charge >= 0.3 is 5.97 Å². The average Bonchev–Trinajstić information content (AvgIpc) is 3.77. The van der Waals surface area contributed by atoms with Gasteiger partial charge in [-0.3, -0.25) is 23.7 Å². The third-order valence-electron chi connectivity index (χ3n) is 11.0. The number of fused-ring (bicyclic) bond motifs is 2. The lowest BCUT2D eigenvalue weighted by atomic mass is 10.0. The summed E-state index contributed by atoms with van der Waals surface area (Å²) in [6.07, 6.45) is 9.95. The van der Waals surface area contributed by atoms with E-state index in [1.807, 2.05) is 33.8 Å². The number of likely N-dealkylation sites (N-methyl/N-ethyl adjacent to an activating group) is 1. The fraction of sp³-hybridized carbons (Fsp3) is 0.404. The Morgan fingerprint density at radius 3 is 2.21 bits per heavy atom. The Balaban J connectivity index is 0.988. The molecule has 0 aliphatic carbocycles. The number of aromatic nitrogens is 3. The number of carbonyl (C=O) groups is 4. The number of esters is 1. The molecule has 15 heteroatoms. The molecule has 3 aromatic carbocycles. The van der Waals surface area contributed by atoms with Crippen molar-refractivity contribution in [3.05, 3.63) is 107 Å². The molecule has 0 saturated heterocycles. The third-order valence-corrected chi connectivity index (χ3v) is 11.0. The summed E-state index contributed by atoms with van der Waals surface area (Å²) in [5.41, 5.74) is 3.16. The Morgan fingerprint density at radius 1 is 0.855 bits per heavy atom. The number of aryl methyl sites for hydroxylation is 1. The molecule has 0 spiro atoms. The lowest BCUT2D eigenvalue weighted by molar-refractivity contribution is -0.903. The number of unbranched alkanes of at least 4 members (excludes halogenated alkanes) is 4. The van der Waals surface area contributed by atoms with Crippen molar-refractivity contribution in [2.75, 3.05) is 52.2 Å². The number of methoxy groups -OCH3 is 1. The molecule has 2 N–H and O–H groups in total. The van der Waals surface area contributed by atoms with Gasteiger partial charge in [-0.05, 0) is 114 Å². The van der Waals surface area contributed by atoms with E-state index in [9.17, 15) is 28.0 Å². The first kappa shape index (κ1) is 45.3. The fourth-order valence-corrected chi connectivity index (χ4v) is 7.85. The van der Waals surface area contributed by atoms with Crippen LogP contribution in [0.15, 0.2) is 73.2 Å². The number of hydrogen-bond donors (Lipinski definition) is 2. The summed E-state index contributed by atoms with van der Waals surface area (Å²) in [7, 11) is 3.34. The van der Waals surface area contributed by atoms with Crippen molar-refractivity contribution >= 4 is 40.8 Å². The normalized spacial score (nSPS) is 13.6. The topological polar surface area (TPSA) is 144 Å². The number of anilines is 2. The third kappa shape index (κ3) is 10.6. The van der Waals surface area contributed by atoms with Gasteiger partial charge in [-0.25, -0.2) is 19.2 Å². The number of quaternary nitrogens is 1. The molecular weight excluding hydrogens is 797 g/mol. The molecule has 6 rings (SSSR count). The summed E-state index contributed by atoms with van der Waals surface area (Å²) in [6, 6.07) is 15.1. The number of amides is 3. The highest BCUT2D eigenvalue weighted by atomic mass is 19.2. The number of carbonyl (C=O) groups excluding carboxylic acids is 4. The second-order valence-electron chi connectivity index (χ2n) is 16.9. The van der Waals surface area contributed by atoms with E-state index in [1.54, 1.807) is 47.0 Å². The Hall–Kier alpha value is -6.22. The van der Waals surface area contributed by atoms with Gasteiger partial charge in [0.05, 0.1) is 50.3 Å². The summed E-state index contributed by atoms with van der Waals surface area (Å²) in [4.78, 5) is 62.0. The number of hydrogen-bond acceptors (Lipinski definition) is 9. The molecular formula is C47H56F2N7O6+. The van der Waals surface area contributed by atoms with Gasteiger partial charge in [0.25, 0.3) is 17.7 Å². The van der Waals surface area contributed by atoms with E-state index >= 15 is 0 Å². The Labute approximate surface area is 361 Å². The zero-order valence-corrected chi connectivity index (χ0v) is 36.4. The molecule has 0 fully saturated rings. The van der Waals surface area contributed by atoms with Crippen molar-refractivity contribution in [3.8, 4) is 17.0 Å². The first-order chi connectivity index (χ1) is 29.6. The number of imidazole rings is 1. The van der Waals surface area contributed by atoms with Crippen LogP contribution in [0.4, 0.5) is 20.3 Å². The van der Waals surface area contributed by atoms with Crippen LogP contribution in [0.1, 0.15) is 103 Å². The summed E-state index contributed by atoms with van der Waals surface area (Å²) >= 11 is 0. The summed E-state index contributed by atoms with van der Waals surface area (Å²) in [5.74, 6) is -2.84. The van der Waals surface area contributed by atoms with Crippen LogP contribution in [0.25, 0.3) is 16.9 Å². The van der Waals surface area contributed by atoms with Crippen LogP contribution in [0, 0.1) is 11.6 Å². The Morgan fingerprint density at radius 2 is 1.55 bits per heavy atom. The van der Waals surface area contributed by atoms with Crippen molar-refractivity contribution in [1.82, 2.24) is 24.6 Å². The maximum Gasteiger partial charge on any atom is 0.362 e. The largest absolute Gasteiger partial charge is 0.494 e. The van der Waals surface area contributed by atoms with E-state index in [2.05, 4.69) is 27.6 Å². The van der Waals surface area contributed by atoms with Gasteiger partial charge < -0.3 is 24.6 Å². The van der Waals surface area contributed by atoms with Crippen LogP contribution in [0.2, 0.25) is 0 Å². The lowest BCUT2D eigenvalue weighted by Gasteiger charge is -2.35. The maximum atomic E-state index is 15.0. The molecule has 1 unspecified atom stereocenters. The van der Waals surface area contributed by atoms with E-state index in [1.165, 1.54) is 36.5 Å². The zero-order chi connectivity index (χ0) is 44.6. The van der Waals surface area contributed by atoms with Crippen molar-refractivity contribution in [3.63, 3.8) is 0 Å². The zero-order valence-electron chi connectivity index (χ0n) is 36.4. The van der Waals surface area contributed by atoms with E-state index in [0.29, 0.717) is 70.0 Å². The Kier molecular flexibility index (Phi) is 14.4. The van der Waals surface area contributed by atoms with Crippen molar-refractivity contribution in [1.29, 1.82) is 0 Å². The monoisotopic (exact) mass is 852 g/mol. The summed E-state index contributed by atoms with van der Waals surface area (Å²) in [6.45, 7) is 10.1. The maximum absolute atomic E-state index is 15.0. The van der Waals surface area contributed by atoms with Gasteiger partial charge in [-0.1, -0.05) is 19.1 Å². The number of nitrogens with one attached hydrogen (secondary N) is 2. The molecule has 1 aliphatic heterocycles. The van der Waals surface area contributed by atoms with Crippen LogP contribution in [-0.2, 0) is 16.0 Å². The minimum atomic E-state index is -1.08. The molecule has 1 aliphatic rings. The number of halogens is 2. The smallest absolute Gasteiger partial charge is 0.362 e. The second-order valence-corrected chi connectivity index (χ2v) is 16.9. The predicted octanol–water partition coefficient (Wildman–Crippen LogP) is 8.14. The van der Waals surface area contributed by atoms with Crippen LogP contribution in [0.5, 0.6) is 5.75 Å². The van der Waals surface area contributed by atoms with Crippen LogP contribution in [-0.4, -0.2) is 99.9 Å². The molecule has 3 heterocycles.